The van der Waals surface area contributed by atoms with E-state index in [4.69, 9.17) is 4.74 Å². The summed E-state index contributed by atoms with van der Waals surface area (Å²) in [6.45, 7) is 1.14. The number of hydrogen-bond donors (Lipinski definition) is 1. The van der Waals surface area contributed by atoms with Crippen molar-refractivity contribution in [2.75, 3.05) is 13.2 Å². The molecule has 3 aromatic rings. The highest BCUT2D eigenvalue weighted by Crippen LogP contribution is 2.26. The molecule has 25 heavy (non-hydrogen) atoms. The van der Waals surface area contributed by atoms with E-state index < -0.39 is 0 Å². The quantitative estimate of drug-likeness (QED) is 0.755. The molecule has 128 valence electrons. The first-order valence-corrected chi connectivity index (χ1v) is 8.95. The lowest BCUT2D eigenvalue weighted by atomic mass is 9.97. The molecule has 7 nitrogen and oxygen atoms in total. The Labute approximate surface area is 148 Å². The van der Waals surface area contributed by atoms with Gasteiger partial charge in [-0.3, -0.25) is 4.79 Å². The van der Waals surface area contributed by atoms with Gasteiger partial charge in [-0.1, -0.05) is 30.3 Å². The topological polar surface area (TPSA) is 81.9 Å². The SMILES string of the molecule is O=C(Cn1nnc(-c2cccs2)n1)NC[C@H]1OCCc2ccccc21. The van der Waals surface area contributed by atoms with Crippen LogP contribution in [0, 0.1) is 0 Å². The van der Waals surface area contributed by atoms with Gasteiger partial charge in [0.25, 0.3) is 0 Å². The molecule has 1 amide bonds. The predicted octanol–water partition coefficient (Wildman–Crippen LogP) is 1.83. The molecule has 0 unspecified atom stereocenters. The number of carbonyl (C=O) groups is 1. The Kier molecular flexibility index (Phi) is 4.53. The lowest BCUT2D eigenvalue weighted by molar-refractivity contribution is -0.122. The Balaban J connectivity index is 1.34. The number of amides is 1. The van der Waals surface area contributed by atoms with Gasteiger partial charge in [-0.25, -0.2) is 0 Å². The minimum Gasteiger partial charge on any atom is -0.371 e. The third-order valence-electron chi connectivity index (χ3n) is 4.06. The maximum absolute atomic E-state index is 12.2. The van der Waals surface area contributed by atoms with Crippen molar-refractivity contribution in [2.24, 2.45) is 0 Å². The number of nitrogens with one attached hydrogen (secondary N) is 1. The standard InChI is InChI=1S/C17H17N5O2S/c23-16(11-22-20-17(19-21-22)15-6-3-9-25-15)18-10-14-13-5-2-1-4-12(13)7-8-24-14/h1-6,9,14H,7-8,10-11H2,(H,18,23)/t14-/m1/s1. The fourth-order valence-electron chi connectivity index (χ4n) is 2.85. The molecule has 0 aliphatic carbocycles. The first kappa shape index (κ1) is 15.9. The smallest absolute Gasteiger partial charge is 0.243 e. The average Bonchev–Trinajstić information content (AvgIpc) is 3.31. The number of tetrazole rings is 1. The van der Waals surface area contributed by atoms with Crippen LogP contribution in [0.1, 0.15) is 17.2 Å². The van der Waals surface area contributed by atoms with Crippen LogP contribution in [-0.4, -0.2) is 39.3 Å². The summed E-state index contributed by atoms with van der Waals surface area (Å²) in [6.07, 6.45) is 0.800. The van der Waals surface area contributed by atoms with Gasteiger partial charge in [0.2, 0.25) is 11.7 Å². The molecule has 0 fully saturated rings. The number of ether oxygens (including phenoxy) is 1. The fraction of sp³-hybridized carbons (Fsp3) is 0.294. The summed E-state index contributed by atoms with van der Waals surface area (Å²) in [5.74, 6) is 0.370. The lowest BCUT2D eigenvalue weighted by Crippen LogP contribution is -2.34. The molecule has 3 heterocycles. The fourth-order valence-corrected chi connectivity index (χ4v) is 3.50. The van der Waals surface area contributed by atoms with Crippen molar-refractivity contribution < 1.29 is 9.53 Å². The van der Waals surface area contributed by atoms with Crippen molar-refractivity contribution in [3.63, 3.8) is 0 Å². The molecule has 0 saturated heterocycles. The van der Waals surface area contributed by atoms with Crippen molar-refractivity contribution in [3.8, 4) is 10.7 Å². The minimum atomic E-state index is -0.165. The van der Waals surface area contributed by atoms with Gasteiger partial charge >= 0.3 is 0 Å². The summed E-state index contributed by atoms with van der Waals surface area (Å²) in [5.41, 5.74) is 2.43. The van der Waals surface area contributed by atoms with E-state index in [-0.39, 0.29) is 18.6 Å². The van der Waals surface area contributed by atoms with Crippen LogP contribution in [0.15, 0.2) is 41.8 Å². The Morgan fingerprint density at radius 1 is 1.32 bits per heavy atom. The largest absolute Gasteiger partial charge is 0.371 e. The molecule has 0 radical (unpaired) electrons. The zero-order valence-corrected chi connectivity index (χ0v) is 14.3. The molecule has 1 aliphatic heterocycles. The number of fused-ring (bicyclic) bond motifs is 1. The molecular formula is C17H17N5O2S. The molecule has 1 aromatic carbocycles. The first-order chi connectivity index (χ1) is 12.3. The van der Waals surface area contributed by atoms with E-state index in [0.717, 1.165) is 16.9 Å². The van der Waals surface area contributed by atoms with E-state index >= 15 is 0 Å². The van der Waals surface area contributed by atoms with Gasteiger partial charge in [0.05, 0.1) is 11.5 Å². The first-order valence-electron chi connectivity index (χ1n) is 8.07. The number of thiophene rings is 1. The van der Waals surface area contributed by atoms with Crippen molar-refractivity contribution in [2.45, 2.75) is 19.1 Å². The Morgan fingerprint density at radius 2 is 2.24 bits per heavy atom. The van der Waals surface area contributed by atoms with Gasteiger partial charge in [0.1, 0.15) is 12.6 Å². The average molecular weight is 355 g/mol. The van der Waals surface area contributed by atoms with E-state index in [1.165, 1.54) is 21.7 Å². The summed E-state index contributed by atoms with van der Waals surface area (Å²) >= 11 is 1.54. The van der Waals surface area contributed by atoms with Crippen LogP contribution in [0.5, 0.6) is 0 Å². The van der Waals surface area contributed by atoms with Crippen LogP contribution in [0.25, 0.3) is 10.7 Å². The highest BCUT2D eigenvalue weighted by Gasteiger charge is 2.21. The van der Waals surface area contributed by atoms with Gasteiger partial charge in [0, 0.05) is 6.54 Å². The van der Waals surface area contributed by atoms with Crippen LogP contribution in [0.2, 0.25) is 0 Å². The van der Waals surface area contributed by atoms with E-state index in [1.54, 1.807) is 0 Å². The van der Waals surface area contributed by atoms with Gasteiger partial charge in [-0.15, -0.1) is 21.5 Å². The third kappa shape index (κ3) is 3.59. The van der Waals surface area contributed by atoms with E-state index in [2.05, 4.69) is 32.9 Å². The molecule has 0 spiro atoms. The van der Waals surface area contributed by atoms with Gasteiger partial charge in [0.15, 0.2) is 0 Å². The summed E-state index contributed by atoms with van der Waals surface area (Å²) in [4.78, 5) is 14.4. The molecule has 4 rings (SSSR count). The maximum Gasteiger partial charge on any atom is 0.243 e. The maximum atomic E-state index is 12.2. The zero-order chi connectivity index (χ0) is 17.1. The van der Waals surface area contributed by atoms with Crippen LogP contribution in [0.4, 0.5) is 0 Å². The number of hydrogen-bond acceptors (Lipinski definition) is 6. The second-order valence-electron chi connectivity index (χ2n) is 5.73. The molecular weight excluding hydrogens is 338 g/mol. The second-order valence-corrected chi connectivity index (χ2v) is 6.68. The number of carbonyl (C=O) groups excluding carboxylic acids is 1. The predicted molar refractivity (Wildman–Crippen MR) is 93.0 cm³/mol. The lowest BCUT2D eigenvalue weighted by Gasteiger charge is -2.26. The highest BCUT2D eigenvalue weighted by molar-refractivity contribution is 7.13. The van der Waals surface area contributed by atoms with Crippen LogP contribution in [0.3, 0.4) is 0 Å². The van der Waals surface area contributed by atoms with Crippen molar-refractivity contribution in [1.82, 2.24) is 25.5 Å². The van der Waals surface area contributed by atoms with Gasteiger partial charge < -0.3 is 10.1 Å². The summed E-state index contributed by atoms with van der Waals surface area (Å²) < 4.78 is 5.79. The minimum absolute atomic E-state index is 0.0345. The summed E-state index contributed by atoms with van der Waals surface area (Å²) in [5, 5.41) is 17.0. The van der Waals surface area contributed by atoms with E-state index in [9.17, 15) is 4.79 Å². The number of aromatic nitrogens is 4. The number of nitrogens with zero attached hydrogens (tertiary/aromatic N) is 4. The third-order valence-corrected chi connectivity index (χ3v) is 4.92. The monoisotopic (exact) mass is 355 g/mol. The van der Waals surface area contributed by atoms with Crippen LogP contribution >= 0.6 is 11.3 Å². The number of benzene rings is 1. The van der Waals surface area contributed by atoms with E-state index in [0.29, 0.717) is 19.0 Å². The number of rotatable bonds is 5. The zero-order valence-electron chi connectivity index (χ0n) is 13.5. The van der Waals surface area contributed by atoms with Gasteiger partial charge in [-0.2, -0.15) is 4.80 Å². The van der Waals surface area contributed by atoms with Crippen LogP contribution in [-0.2, 0) is 22.5 Å². The Bertz CT molecular complexity index is 862. The molecule has 1 aliphatic rings. The molecule has 0 saturated carbocycles. The molecule has 8 heteroatoms. The van der Waals surface area contributed by atoms with Gasteiger partial charge in [-0.05, 0) is 34.2 Å². The van der Waals surface area contributed by atoms with Crippen molar-refractivity contribution in [1.29, 1.82) is 0 Å². The summed E-state index contributed by atoms with van der Waals surface area (Å²) in [6, 6.07) is 12.0. The Hall–Kier alpha value is -2.58. The van der Waals surface area contributed by atoms with Crippen LogP contribution < -0.4 is 5.32 Å². The van der Waals surface area contributed by atoms with Crippen molar-refractivity contribution in [3.05, 3.63) is 52.9 Å². The molecule has 0 bridgehead atoms. The molecule has 1 N–H and O–H groups in total. The Morgan fingerprint density at radius 3 is 3.12 bits per heavy atom. The normalized spacial score (nSPS) is 16.4. The molecule has 2 aromatic heterocycles. The van der Waals surface area contributed by atoms with E-state index in [1.807, 2.05) is 29.6 Å². The second kappa shape index (κ2) is 7.12. The summed E-state index contributed by atoms with van der Waals surface area (Å²) in [7, 11) is 0. The highest BCUT2D eigenvalue weighted by atomic mass is 32.1. The van der Waals surface area contributed by atoms with Crippen molar-refractivity contribution >= 4 is 17.2 Å². The molecule has 1 atom stereocenters.